The Hall–Kier alpha value is -4.32. The zero-order valence-corrected chi connectivity index (χ0v) is 21.2. The van der Waals surface area contributed by atoms with Crippen molar-refractivity contribution in [2.45, 2.75) is 26.3 Å². The summed E-state index contributed by atoms with van der Waals surface area (Å²) >= 11 is 0. The van der Waals surface area contributed by atoms with Crippen LogP contribution < -0.4 is 14.9 Å². The molecule has 0 saturated carbocycles. The van der Waals surface area contributed by atoms with Gasteiger partial charge >= 0.3 is 0 Å². The molecule has 1 unspecified atom stereocenters. The van der Waals surface area contributed by atoms with Gasteiger partial charge in [0.15, 0.2) is 5.43 Å². The summed E-state index contributed by atoms with van der Waals surface area (Å²) in [5, 5.41) is 0.482. The van der Waals surface area contributed by atoms with Gasteiger partial charge in [0.1, 0.15) is 23.7 Å². The highest BCUT2D eigenvalue weighted by atomic mass is 16.5. The van der Waals surface area contributed by atoms with Crippen molar-refractivity contribution in [2.24, 2.45) is 0 Å². The molecule has 3 aromatic carbocycles. The van der Waals surface area contributed by atoms with Crippen LogP contribution in [0.5, 0.6) is 11.5 Å². The first kappa shape index (κ1) is 24.4. The number of carbonyl (C=O) groups excluding carboxylic acids is 1. The van der Waals surface area contributed by atoms with Crippen LogP contribution in [0, 0.1) is 13.8 Å². The van der Waals surface area contributed by atoms with Gasteiger partial charge in [-0.2, -0.15) is 0 Å². The largest absolute Gasteiger partial charge is 0.497 e. The maximum Gasteiger partial charge on any atom is 0.290 e. The van der Waals surface area contributed by atoms with Crippen LogP contribution in [0.3, 0.4) is 0 Å². The summed E-state index contributed by atoms with van der Waals surface area (Å²) in [6, 6.07) is 18.4. The van der Waals surface area contributed by atoms with Crippen molar-refractivity contribution in [3.8, 4) is 11.5 Å². The number of nitrogens with zero attached hydrogens (tertiary/aromatic N) is 1. The standard InChI is InChI=1S/C31H29NO5/c1-5-15-36-24-8-6-7-22(18-24)28-27-29(33)25-16-19(2)20(3)17-26(25)37-30(27)31(34)32(28)14-13-21-9-11-23(35-4)12-10-21/h5-12,16-18,28H,1,13-15H2,2-4H3. The molecule has 1 amide bonds. The number of aryl methyl sites for hydroxylation is 2. The Kier molecular flexibility index (Phi) is 6.57. The SMILES string of the molecule is C=CCOc1cccc(C2c3c(oc4cc(C)c(C)cc4c3=O)C(=O)N2CCc2ccc(OC)cc2)c1. The predicted molar refractivity (Wildman–Crippen MR) is 144 cm³/mol. The van der Waals surface area contributed by atoms with E-state index in [2.05, 4.69) is 6.58 Å². The van der Waals surface area contributed by atoms with E-state index in [9.17, 15) is 9.59 Å². The average Bonchev–Trinajstić information content (AvgIpc) is 3.19. The lowest BCUT2D eigenvalue weighted by Crippen LogP contribution is -2.31. The number of amides is 1. The predicted octanol–water partition coefficient (Wildman–Crippen LogP) is 5.77. The monoisotopic (exact) mass is 495 g/mol. The second-order valence-electron chi connectivity index (χ2n) is 9.28. The number of carbonyl (C=O) groups is 1. The zero-order valence-electron chi connectivity index (χ0n) is 21.2. The molecule has 6 nitrogen and oxygen atoms in total. The van der Waals surface area contributed by atoms with Crippen molar-refractivity contribution in [1.29, 1.82) is 0 Å². The van der Waals surface area contributed by atoms with Gasteiger partial charge in [-0.05, 0) is 78.9 Å². The van der Waals surface area contributed by atoms with Crippen molar-refractivity contribution >= 4 is 16.9 Å². The summed E-state index contributed by atoms with van der Waals surface area (Å²) in [6.07, 6.45) is 2.28. The summed E-state index contributed by atoms with van der Waals surface area (Å²) in [6.45, 7) is 8.40. The Morgan fingerprint density at radius 1 is 1.00 bits per heavy atom. The number of rotatable bonds is 8. The summed E-state index contributed by atoms with van der Waals surface area (Å²) in [4.78, 5) is 29.3. The van der Waals surface area contributed by atoms with Crippen LogP contribution >= 0.6 is 0 Å². The number of fused-ring (bicyclic) bond motifs is 2. The first-order valence-corrected chi connectivity index (χ1v) is 12.3. The van der Waals surface area contributed by atoms with Crippen LogP contribution in [-0.4, -0.2) is 31.1 Å². The van der Waals surface area contributed by atoms with Crippen LogP contribution in [0.4, 0.5) is 0 Å². The highest BCUT2D eigenvalue weighted by Gasteiger charge is 2.42. The maximum absolute atomic E-state index is 13.9. The van der Waals surface area contributed by atoms with Gasteiger partial charge in [-0.25, -0.2) is 0 Å². The van der Waals surface area contributed by atoms with Gasteiger partial charge in [-0.1, -0.05) is 36.9 Å². The summed E-state index contributed by atoms with van der Waals surface area (Å²) < 4.78 is 17.1. The molecule has 1 atom stereocenters. The molecule has 0 spiro atoms. The first-order chi connectivity index (χ1) is 17.9. The number of benzene rings is 3. The molecular formula is C31H29NO5. The minimum absolute atomic E-state index is 0.109. The fourth-order valence-electron chi connectivity index (χ4n) is 4.82. The van der Waals surface area contributed by atoms with Crippen molar-refractivity contribution in [2.75, 3.05) is 20.3 Å². The van der Waals surface area contributed by atoms with Crippen LogP contribution in [0.15, 0.2) is 82.5 Å². The van der Waals surface area contributed by atoms with Crippen molar-refractivity contribution < 1.29 is 18.7 Å². The van der Waals surface area contributed by atoms with Crippen LogP contribution in [-0.2, 0) is 6.42 Å². The number of methoxy groups -OCH3 is 1. The van der Waals surface area contributed by atoms with E-state index < -0.39 is 6.04 Å². The van der Waals surface area contributed by atoms with Crippen LogP contribution in [0.2, 0.25) is 0 Å². The molecule has 188 valence electrons. The fraction of sp³-hybridized carbons (Fsp3) is 0.226. The molecule has 0 saturated heterocycles. The van der Waals surface area contributed by atoms with E-state index in [1.54, 1.807) is 18.1 Å². The van der Waals surface area contributed by atoms with Crippen molar-refractivity contribution in [3.05, 3.63) is 117 Å². The Bertz CT molecular complexity index is 1550. The molecule has 0 N–H and O–H groups in total. The molecule has 0 fully saturated rings. The Morgan fingerprint density at radius 3 is 2.49 bits per heavy atom. The smallest absolute Gasteiger partial charge is 0.290 e. The molecule has 1 aliphatic rings. The second-order valence-corrected chi connectivity index (χ2v) is 9.28. The van der Waals surface area contributed by atoms with Crippen LogP contribution in [0.25, 0.3) is 11.0 Å². The minimum Gasteiger partial charge on any atom is -0.497 e. The molecule has 2 heterocycles. The number of hydrogen-bond acceptors (Lipinski definition) is 5. The second kappa shape index (κ2) is 9.97. The third-order valence-corrected chi connectivity index (χ3v) is 6.92. The first-order valence-electron chi connectivity index (χ1n) is 12.3. The Labute approximate surface area is 215 Å². The normalized spacial score (nSPS) is 14.6. The van der Waals surface area contributed by atoms with Gasteiger partial charge < -0.3 is 18.8 Å². The van der Waals surface area contributed by atoms with Crippen LogP contribution in [0.1, 0.15) is 44.4 Å². The van der Waals surface area contributed by atoms with Gasteiger partial charge in [0.2, 0.25) is 5.76 Å². The zero-order chi connectivity index (χ0) is 26.1. The molecule has 0 radical (unpaired) electrons. The van der Waals surface area contributed by atoms with E-state index in [1.807, 2.05) is 74.5 Å². The number of hydrogen-bond donors (Lipinski definition) is 0. The average molecular weight is 496 g/mol. The quantitative estimate of drug-likeness (QED) is 0.290. The van der Waals surface area contributed by atoms with E-state index in [0.29, 0.717) is 41.9 Å². The summed E-state index contributed by atoms with van der Waals surface area (Å²) in [5.41, 5.74) is 4.47. The highest BCUT2D eigenvalue weighted by Crippen LogP contribution is 2.39. The lowest BCUT2D eigenvalue weighted by molar-refractivity contribution is 0.0730. The Balaban J connectivity index is 1.61. The van der Waals surface area contributed by atoms with E-state index in [4.69, 9.17) is 13.9 Å². The molecule has 0 aliphatic carbocycles. The third kappa shape index (κ3) is 4.51. The highest BCUT2D eigenvalue weighted by molar-refractivity contribution is 5.99. The van der Waals surface area contributed by atoms with E-state index in [-0.39, 0.29) is 17.1 Å². The molecule has 0 bridgehead atoms. The Morgan fingerprint density at radius 2 is 1.76 bits per heavy atom. The molecule has 6 heteroatoms. The topological polar surface area (TPSA) is 69.0 Å². The van der Waals surface area contributed by atoms with E-state index in [0.717, 1.165) is 28.0 Å². The third-order valence-electron chi connectivity index (χ3n) is 6.92. The molecule has 1 aromatic heterocycles. The van der Waals surface area contributed by atoms with Gasteiger partial charge in [0.25, 0.3) is 5.91 Å². The van der Waals surface area contributed by atoms with Gasteiger partial charge in [0.05, 0.1) is 24.1 Å². The molecule has 1 aliphatic heterocycles. The molecular weight excluding hydrogens is 466 g/mol. The maximum atomic E-state index is 13.9. The van der Waals surface area contributed by atoms with Crippen molar-refractivity contribution in [3.63, 3.8) is 0 Å². The molecule has 37 heavy (non-hydrogen) atoms. The fourth-order valence-corrected chi connectivity index (χ4v) is 4.82. The number of ether oxygens (including phenoxy) is 2. The summed E-state index contributed by atoms with van der Waals surface area (Å²) in [5.74, 6) is 1.24. The minimum atomic E-state index is -0.588. The molecule has 4 aromatic rings. The molecule has 5 rings (SSSR count). The summed E-state index contributed by atoms with van der Waals surface area (Å²) in [7, 11) is 1.63. The lowest BCUT2D eigenvalue weighted by atomic mass is 9.97. The van der Waals surface area contributed by atoms with Crippen molar-refractivity contribution in [1.82, 2.24) is 4.90 Å². The van der Waals surface area contributed by atoms with Gasteiger partial charge in [-0.15, -0.1) is 0 Å². The van der Waals surface area contributed by atoms with Gasteiger partial charge in [0, 0.05) is 6.54 Å². The van der Waals surface area contributed by atoms with Gasteiger partial charge in [-0.3, -0.25) is 9.59 Å². The van der Waals surface area contributed by atoms with E-state index >= 15 is 0 Å². The van der Waals surface area contributed by atoms with E-state index in [1.165, 1.54) is 0 Å². The lowest BCUT2D eigenvalue weighted by Gasteiger charge is -2.25.